The maximum Gasteiger partial charge on any atom is 0.203 e. The quantitative estimate of drug-likeness (QED) is 0.0652. The van der Waals surface area contributed by atoms with Crippen molar-refractivity contribution >= 4 is 16.6 Å². The van der Waals surface area contributed by atoms with Gasteiger partial charge in [-0.2, -0.15) is 0 Å². The monoisotopic (exact) mass is 1180 g/mol. The molecule has 0 bridgehead atoms. The molecule has 0 heterocycles. The number of fused-ring (bicyclic) bond motifs is 6. The summed E-state index contributed by atoms with van der Waals surface area (Å²) in [6, 6.07) is 8.19. The van der Waals surface area contributed by atoms with Crippen LogP contribution in [0.3, 0.4) is 0 Å². The molecule has 0 fully saturated rings. The lowest BCUT2D eigenvalue weighted by Gasteiger charge is -2.44. The normalized spacial score (nSPS) is 18.7. The summed E-state index contributed by atoms with van der Waals surface area (Å²) in [5.74, 6) is 7.79. The highest BCUT2D eigenvalue weighted by molar-refractivity contribution is 6.74. The van der Waals surface area contributed by atoms with Gasteiger partial charge in [0.05, 0.1) is 97.5 Å². The summed E-state index contributed by atoms with van der Waals surface area (Å²) < 4.78 is 85.2. The Morgan fingerprint density at radius 2 is 0.610 bits per heavy atom. The Morgan fingerprint density at radius 1 is 0.366 bits per heavy atom. The van der Waals surface area contributed by atoms with Crippen LogP contribution in [0.5, 0.6) is 69.0 Å². The van der Waals surface area contributed by atoms with Crippen LogP contribution in [0.4, 0.5) is 0 Å². The molecular weight excluding hydrogens is 1070 g/mol. The van der Waals surface area contributed by atoms with Crippen LogP contribution < -0.4 is 56.8 Å². The number of unbranched alkanes of at least 4 members (excludes halogenated alkanes) is 3. The van der Waals surface area contributed by atoms with E-state index in [0.29, 0.717) is 80.8 Å². The van der Waals surface area contributed by atoms with Crippen molar-refractivity contribution in [1.29, 1.82) is 0 Å². The molecule has 14 nitrogen and oxygen atoms in total. The van der Waals surface area contributed by atoms with Crippen molar-refractivity contribution in [2.45, 2.75) is 170 Å². The van der Waals surface area contributed by atoms with Gasteiger partial charge in [-0.05, 0) is 119 Å². The average Bonchev–Trinajstić information content (AvgIpc) is 3.44. The molecule has 0 aliphatic heterocycles. The van der Waals surface area contributed by atoms with E-state index < -0.39 is 16.6 Å². The first-order valence-electron chi connectivity index (χ1n) is 29.2. The van der Waals surface area contributed by atoms with Gasteiger partial charge in [-0.25, -0.2) is 0 Å². The molecule has 4 aromatic rings. The van der Waals surface area contributed by atoms with Gasteiger partial charge in [0.1, 0.15) is 0 Å². The summed E-state index contributed by atoms with van der Waals surface area (Å²) in [5, 5.41) is 0.0661. The summed E-state index contributed by atoms with van der Waals surface area (Å²) in [6.07, 6.45) is 6.71. The highest BCUT2D eigenvalue weighted by Crippen LogP contribution is 2.61. The molecule has 0 unspecified atom stereocenters. The molecule has 6 atom stereocenters. The molecule has 82 heavy (non-hydrogen) atoms. The van der Waals surface area contributed by atoms with Gasteiger partial charge >= 0.3 is 0 Å². The first kappa shape index (κ1) is 69.3. The van der Waals surface area contributed by atoms with Gasteiger partial charge in [-0.15, -0.1) is 0 Å². The molecule has 0 saturated carbocycles. The Labute approximate surface area is 497 Å². The molecule has 0 aromatic heterocycles. The van der Waals surface area contributed by atoms with Gasteiger partial charge in [-0.3, -0.25) is 0 Å². The molecule has 4 aromatic carbocycles. The maximum absolute atomic E-state index is 7.24. The van der Waals surface area contributed by atoms with Crippen LogP contribution in [-0.4, -0.2) is 102 Å². The zero-order valence-electron chi connectivity index (χ0n) is 55.7. The molecule has 6 rings (SSSR count). The third-order valence-corrected chi connectivity index (χ3v) is 26.8. The van der Waals surface area contributed by atoms with Crippen LogP contribution in [0.1, 0.15) is 143 Å². The topological polar surface area (TPSA) is 129 Å². The summed E-state index contributed by atoms with van der Waals surface area (Å²) >= 11 is 0. The predicted octanol–water partition coefficient (Wildman–Crippen LogP) is 17.2. The summed E-state index contributed by atoms with van der Waals surface area (Å²) in [4.78, 5) is 0. The van der Waals surface area contributed by atoms with Gasteiger partial charge in [-0.1, -0.05) is 109 Å². The number of rotatable bonds is 19. The van der Waals surface area contributed by atoms with E-state index in [-0.39, 0.29) is 34.1 Å². The highest BCUT2D eigenvalue weighted by atomic mass is 28.4. The molecule has 0 saturated heterocycles. The summed E-state index contributed by atoms with van der Waals surface area (Å²) in [7, 11) is 15.3. The molecule has 0 amide bonds. The fourth-order valence-electron chi connectivity index (χ4n) is 10.7. The Balaban J connectivity index is 0.000000320. The number of methoxy groups -OCH3 is 12. The zero-order chi connectivity index (χ0) is 62.0. The number of benzene rings is 4. The number of hydrogen-bond acceptors (Lipinski definition) is 14. The van der Waals surface area contributed by atoms with Crippen LogP contribution in [0.25, 0.3) is 22.3 Å². The molecule has 2 aliphatic rings. The second kappa shape index (κ2) is 29.1. The van der Waals surface area contributed by atoms with Crippen LogP contribution in [0, 0.1) is 23.7 Å². The SMILES string of the molecule is CCCCCC.COc1cc2c(c(OC)c1OC)-c1c(cc(OC)c(OC)c1OC)[C@@H](O[Si](C)(C)C(C)(C)C)[C@@H](C)[C@@H](C)C2.COc1cc2c(c(OC)c1OC)-c1c(cc(OC)c(OC)c1OC)[C@H](O[Si](C)(C)C(C)(C)C)[C@H](C)[C@H](C)C2. The lowest BCUT2D eigenvalue weighted by Crippen LogP contribution is -2.43. The molecule has 2 aliphatic carbocycles. The van der Waals surface area contributed by atoms with Crippen molar-refractivity contribution in [3.8, 4) is 91.2 Å². The Bertz CT molecular complexity index is 2560. The van der Waals surface area contributed by atoms with Crippen LogP contribution in [-0.2, 0) is 21.7 Å². The second-order valence-electron chi connectivity index (χ2n) is 25.0. The van der Waals surface area contributed by atoms with Crippen LogP contribution in [0.15, 0.2) is 24.3 Å². The minimum absolute atomic E-state index is 0.0331. The summed E-state index contributed by atoms with van der Waals surface area (Å²) in [6.45, 7) is 36.4. The third-order valence-electron chi connectivity index (χ3n) is 17.9. The number of hydrogen-bond donors (Lipinski definition) is 0. The molecule has 0 spiro atoms. The first-order valence-corrected chi connectivity index (χ1v) is 35.0. The van der Waals surface area contributed by atoms with E-state index in [1.165, 1.54) is 25.7 Å². The Hall–Kier alpha value is -5.17. The van der Waals surface area contributed by atoms with E-state index in [2.05, 4.69) is 121 Å². The fourth-order valence-corrected chi connectivity index (χ4v) is 13.3. The van der Waals surface area contributed by atoms with Gasteiger partial charge in [0.15, 0.2) is 62.6 Å². The van der Waals surface area contributed by atoms with E-state index >= 15 is 0 Å². The van der Waals surface area contributed by atoms with Crippen molar-refractivity contribution in [2.24, 2.45) is 23.7 Å². The van der Waals surface area contributed by atoms with Crippen molar-refractivity contribution in [3.05, 3.63) is 46.5 Å². The van der Waals surface area contributed by atoms with Crippen molar-refractivity contribution in [2.75, 3.05) is 85.3 Å². The maximum atomic E-state index is 7.24. The Kier molecular flexibility index (Phi) is 24.6. The lowest BCUT2D eigenvalue weighted by molar-refractivity contribution is 0.0950. The largest absolute Gasteiger partial charge is 0.493 e. The molecular formula is C66H106O14Si2. The highest BCUT2D eigenvalue weighted by Gasteiger charge is 2.47. The average molecular weight is 1180 g/mol. The predicted molar refractivity (Wildman–Crippen MR) is 338 cm³/mol. The smallest absolute Gasteiger partial charge is 0.203 e. The van der Waals surface area contributed by atoms with Gasteiger partial charge in [0.25, 0.3) is 0 Å². The van der Waals surface area contributed by atoms with Gasteiger partial charge in [0.2, 0.25) is 23.0 Å². The van der Waals surface area contributed by atoms with Crippen molar-refractivity contribution in [3.63, 3.8) is 0 Å². The lowest BCUT2D eigenvalue weighted by atomic mass is 9.76. The van der Waals surface area contributed by atoms with E-state index in [1.807, 2.05) is 12.1 Å². The van der Waals surface area contributed by atoms with E-state index in [9.17, 15) is 0 Å². The van der Waals surface area contributed by atoms with Crippen molar-refractivity contribution in [1.82, 2.24) is 0 Å². The standard InChI is InChI=1S/2C30H46O7Si.C6H14/c2*1-17-14-19-15-21(31-6)26(33-8)28(35-10)23(19)24-20(16-22(32-7)27(34-9)29(24)36-11)25(18(17)2)37-38(12,13)30(3,4)5;1-3-5-6-4-2/h2*15-18,25H,14H2,1-13H3;3-6H2,1-2H3/t2*17-,18-,25-;/m10./s1. The first-order chi connectivity index (χ1) is 38.5. The Morgan fingerprint density at radius 3 is 0.829 bits per heavy atom. The van der Waals surface area contributed by atoms with Gasteiger partial charge in [0, 0.05) is 22.3 Å². The molecule has 0 N–H and O–H groups in total. The van der Waals surface area contributed by atoms with Gasteiger partial charge < -0.3 is 65.7 Å². The van der Waals surface area contributed by atoms with E-state index in [0.717, 1.165) is 57.3 Å². The van der Waals surface area contributed by atoms with Crippen molar-refractivity contribution < 1.29 is 65.7 Å². The third kappa shape index (κ3) is 14.1. The minimum atomic E-state index is -2.18. The minimum Gasteiger partial charge on any atom is -0.493 e. The van der Waals surface area contributed by atoms with Crippen LogP contribution >= 0.6 is 0 Å². The van der Waals surface area contributed by atoms with E-state index in [4.69, 9.17) is 65.7 Å². The zero-order valence-corrected chi connectivity index (χ0v) is 57.7. The second-order valence-corrected chi connectivity index (χ2v) is 34.5. The van der Waals surface area contributed by atoms with Crippen LogP contribution in [0.2, 0.25) is 36.3 Å². The molecule has 0 radical (unpaired) electrons. The molecule has 462 valence electrons. The molecule has 16 heteroatoms. The van der Waals surface area contributed by atoms with E-state index in [1.54, 1.807) is 85.3 Å². The fraction of sp³-hybridized carbons (Fsp3) is 0.636. The summed E-state index contributed by atoms with van der Waals surface area (Å²) in [5.41, 5.74) is 7.62. The number of ether oxygens (including phenoxy) is 12.